The molecule has 0 unspecified atom stereocenters. The van der Waals surface area contributed by atoms with Gasteiger partial charge >= 0.3 is 5.97 Å². The van der Waals surface area contributed by atoms with Crippen molar-refractivity contribution in [2.45, 2.75) is 51.7 Å². The molecule has 0 aliphatic carbocycles. The first-order valence-corrected chi connectivity index (χ1v) is 4.70. The highest BCUT2D eigenvalue weighted by Gasteiger charge is 2.23. The van der Waals surface area contributed by atoms with Crippen LogP contribution >= 0.6 is 0 Å². The Labute approximate surface area is 84.9 Å². The maximum Gasteiger partial charge on any atom is 0.306 e. The summed E-state index contributed by atoms with van der Waals surface area (Å²) in [4.78, 5) is 10.4. The van der Waals surface area contributed by atoms with Crippen molar-refractivity contribution in [3.05, 3.63) is 0 Å². The molecule has 4 nitrogen and oxygen atoms in total. The molecule has 0 spiro atoms. The van der Waals surface area contributed by atoms with E-state index in [4.69, 9.17) is 9.84 Å². The van der Waals surface area contributed by atoms with E-state index in [1.165, 1.54) is 0 Å². The molecule has 0 aromatic heterocycles. The highest BCUT2D eigenvalue weighted by Crippen LogP contribution is 2.16. The van der Waals surface area contributed by atoms with E-state index in [0.29, 0.717) is 13.0 Å². The summed E-state index contributed by atoms with van der Waals surface area (Å²) in [7, 11) is 0. The van der Waals surface area contributed by atoms with Gasteiger partial charge in [-0.05, 0) is 34.1 Å². The van der Waals surface area contributed by atoms with Gasteiger partial charge in [0.1, 0.15) is 0 Å². The molecule has 0 rings (SSSR count). The maximum atomic E-state index is 10.4. The summed E-state index contributed by atoms with van der Waals surface area (Å²) in [6.07, 6.45) is 0.467. The van der Waals surface area contributed by atoms with E-state index >= 15 is 0 Å². The minimum Gasteiger partial charge on any atom is -0.481 e. The molecule has 0 heterocycles. The maximum absolute atomic E-state index is 10.4. The molecule has 0 aliphatic rings. The van der Waals surface area contributed by atoms with Crippen molar-refractivity contribution < 1.29 is 19.7 Å². The molecule has 2 N–H and O–H groups in total. The normalized spacial score (nSPS) is 12.9. The molecular weight excluding hydrogens is 184 g/mol. The SMILES string of the molecule is CC(C)(O)CCOC(C)(C)CC(=O)O. The van der Waals surface area contributed by atoms with Crippen LogP contribution in [0.1, 0.15) is 40.5 Å². The number of ether oxygens (including phenoxy) is 1. The van der Waals surface area contributed by atoms with Crippen molar-refractivity contribution in [1.29, 1.82) is 0 Å². The molecule has 0 aromatic carbocycles. The zero-order valence-corrected chi connectivity index (χ0v) is 9.33. The van der Waals surface area contributed by atoms with Crippen molar-refractivity contribution in [1.82, 2.24) is 0 Å². The Hall–Kier alpha value is -0.610. The van der Waals surface area contributed by atoms with Crippen LogP contribution in [-0.2, 0) is 9.53 Å². The van der Waals surface area contributed by atoms with Crippen LogP contribution in [0.4, 0.5) is 0 Å². The number of carbonyl (C=O) groups is 1. The minimum absolute atomic E-state index is 0.0289. The number of hydrogen-bond donors (Lipinski definition) is 2. The fourth-order valence-corrected chi connectivity index (χ4v) is 0.992. The molecule has 84 valence electrons. The molecule has 4 heteroatoms. The van der Waals surface area contributed by atoms with Gasteiger partial charge in [0.25, 0.3) is 0 Å². The Balaban J connectivity index is 3.82. The molecule has 0 atom stereocenters. The van der Waals surface area contributed by atoms with Crippen molar-refractivity contribution in [3.63, 3.8) is 0 Å². The molecule has 0 saturated heterocycles. The van der Waals surface area contributed by atoms with Crippen LogP contribution in [0.5, 0.6) is 0 Å². The number of rotatable bonds is 6. The zero-order chi connectivity index (χ0) is 11.4. The summed E-state index contributed by atoms with van der Waals surface area (Å²) >= 11 is 0. The summed E-state index contributed by atoms with van der Waals surface area (Å²) in [6, 6.07) is 0. The predicted molar refractivity (Wildman–Crippen MR) is 53.2 cm³/mol. The smallest absolute Gasteiger partial charge is 0.306 e. The lowest BCUT2D eigenvalue weighted by Gasteiger charge is -2.25. The number of aliphatic hydroxyl groups is 1. The molecule has 0 saturated carbocycles. The summed E-state index contributed by atoms with van der Waals surface area (Å²) < 4.78 is 5.38. The molecule has 0 aliphatic heterocycles. The second-order valence-electron chi connectivity index (χ2n) is 4.74. The van der Waals surface area contributed by atoms with E-state index in [1.54, 1.807) is 27.7 Å². The fraction of sp³-hybridized carbons (Fsp3) is 0.900. The second kappa shape index (κ2) is 4.75. The highest BCUT2D eigenvalue weighted by atomic mass is 16.5. The van der Waals surface area contributed by atoms with Crippen molar-refractivity contribution in [2.24, 2.45) is 0 Å². The van der Waals surface area contributed by atoms with Crippen molar-refractivity contribution in [2.75, 3.05) is 6.61 Å². The Morgan fingerprint density at radius 1 is 1.29 bits per heavy atom. The summed E-state index contributed by atoms with van der Waals surface area (Å²) in [5.41, 5.74) is -1.43. The monoisotopic (exact) mass is 204 g/mol. The van der Waals surface area contributed by atoms with Gasteiger partial charge in [-0.15, -0.1) is 0 Å². The predicted octanol–water partition coefficient (Wildman–Crippen LogP) is 1.42. The van der Waals surface area contributed by atoms with E-state index in [9.17, 15) is 9.90 Å². The minimum atomic E-state index is -0.877. The first-order valence-electron chi connectivity index (χ1n) is 4.70. The molecule has 0 aromatic rings. The third-order valence-electron chi connectivity index (χ3n) is 1.78. The number of carboxylic acid groups (broad SMARTS) is 1. The summed E-state index contributed by atoms with van der Waals surface area (Å²) in [5, 5.41) is 18.0. The molecular formula is C10H20O4. The Morgan fingerprint density at radius 2 is 1.79 bits per heavy atom. The first kappa shape index (κ1) is 13.4. The second-order valence-corrected chi connectivity index (χ2v) is 4.74. The van der Waals surface area contributed by atoms with Crippen LogP contribution < -0.4 is 0 Å². The van der Waals surface area contributed by atoms with E-state index in [0.717, 1.165) is 0 Å². The molecule has 14 heavy (non-hydrogen) atoms. The first-order chi connectivity index (χ1) is 6.12. The van der Waals surface area contributed by atoms with Gasteiger partial charge in [0.15, 0.2) is 0 Å². The van der Waals surface area contributed by atoms with Crippen molar-refractivity contribution >= 4 is 5.97 Å². The fourth-order valence-electron chi connectivity index (χ4n) is 0.992. The van der Waals surface area contributed by atoms with Gasteiger partial charge in [0.2, 0.25) is 0 Å². The van der Waals surface area contributed by atoms with Crippen molar-refractivity contribution in [3.8, 4) is 0 Å². The molecule has 0 bridgehead atoms. The Bertz CT molecular complexity index is 191. The van der Waals surface area contributed by atoms with Crippen LogP contribution in [0.25, 0.3) is 0 Å². The number of aliphatic carboxylic acids is 1. The standard InChI is InChI=1S/C10H20O4/c1-9(2,13)5-6-14-10(3,4)7-8(11)12/h13H,5-7H2,1-4H3,(H,11,12). The number of hydrogen-bond acceptors (Lipinski definition) is 3. The van der Waals surface area contributed by atoms with Gasteiger partial charge in [-0.25, -0.2) is 0 Å². The molecule has 0 radical (unpaired) electrons. The van der Waals surface area contributed by atoms with Crippen LogP contribution in [-0.4, -0.2) is 34.0 Å². The Morgan fingerprint density at radius 3 is 2.14 bits per heavy atom. The molecule has 0 fully saturated rings. The lowest BCUT2D eigenvalue weighted by molar-refractivity contribution is -0.144. The highest BCUT2D eigenvalue weighted by molar-refractivity contribution is 5.67. The third-order valence-corrected chi connectivity index (χ3v) is 1.78. The average molecular weight is 204 g/mol. The van der Waals surface area contributed by atoms with Gasteiger partial charge in [-0.2, -0.15) is 0 Å². The van der Waals surface area contributed by atoms with Gasteiger partial charge in [0.05, 0.1) is 24.2 Å². The molecule has 0 amide bonds. The average Bonchev–Trinajstić information content (AvgIpc) is 1.78. The van der Waals surface area contributed by atoms with Crippen LogP contribution in [0, 0.1) is 0 Å². The third kappa shape index (κ3) is 8.01. The topological polar surface area (TPSA) is 66.8 Å². The quantitative estimate of drug-likeness (QED) is 0.686. The summed E-state index contributed by atoms with van der Waals surface area (Å²) in [6.45, 7) is 7.21. The number of carboxylic acids is 1. The Kier molecular flexibility index (Phi) is 4.55. The van der Waals surface area contributed by atoms with Crippen LogP contribution in [0.15, 0.2) is 0 Å². The van der Waals surface area contributed by atoms with Gasteiger partial charge in [-0.1, -0.05) is 0 Å². The largest absolute Gasteiger partial charge is 0.481 e. The van der Waals surface area contributed by atoms with E-state index in [2.05, 4.69) is 0 Å². The van der Waals surface area contributed by atoms with E-state index in [-0.39, 0.29) is 6.42 Å². The summed E-state index contributed by atoms with van der Waals surface area (Å²) in [5.74, 6) is -0.877. The zero-order valence-electron chi connectivity index (χ0n) is 9.33. The lowest BCUT2D eigenvalue weighted by Crippen LogP contribution is -2.31. The van der Waals surface area contributed by atoms with Gasteiger partial charge in [0, 0.05) is 0 Å². The van der Waals surface area contributed by atoms with Crippen LogP contribution in [0.2, 0.25) is 0 Å². The van der Waals surface area contributed by atoms with Gasteiger partial charge < -0.3 is 14.9 Å². The van der Waals surface area contributed by atoms with E-state index in [1.807, 2.05) is 0 Å². The van der Waals surface area contributed by atoms with Gasteiger partial charge in [-0.3, -0.25) is 4.79 Å². The lowest BCUT2D eigenvalue weighted by atomic mass is 10.0. The van der Waals surface area contributed by atoms with Crippen LogP contribution in [0.3, 0.4) is 0 Å². The van der Waals surface area contributed by atoms with E-state index < -0.39 is 17.2 Å².